The fourth-order valence-corrected chi connectivity index (χ4v) is 1.73. The summed E-state index contributed by atoms with van der Waals surface area (Å²) in [4.78, 5) is 0. The molecule has 1 aromatic heterocycles. The van der Waals surface area contributed by atoms with Crippen molar-refractivity contribution in [3.8, 4) is 6.01 Å². The van der Waals surface area contributed by atoms with E-state index in [0.29, 0.717) is 12.6 Å². The summed E-state index contributed by atoms with van der Waals surface area (Å²) in [5.41, 5.74) is 0. The van der Waals surface area contributed by atoms with Crippen molar-refractivity contribution in [1.82, 2.24) is 14.8 Å². The molecule has 0 aliphatic heterocycles. The van der Waals surface area contributed by atoms with Crippen LogP contribution in [0.1, 0.15) is 6.42 Å². The van der Waals surface area contributed by atoms with Gasteiger partial charge < -0.3 is 4.18 Å². The van der Waals surface area contributed by atoms with Gasteiger partial charge in [0.05, 0.1) is 17.8 Å². The lowest BCUT2D eigenvalue weighted by molar-refractivity contribution is 0.473. The van der Waals surface area contributed by atoms with E-state index in [9.17, 15) is 8.42 Å². The zero-order valence-corrected chi connectivity index (χ0v) is 9.66. The molecule has 1 aromatic rings. The van der Waals surface area contributed by atoms with Crippen LogP contribution in [-0.2, 0) is 16.7 Å². The molecule has 0 bridgehead atoms. The Morgan fingerprint density at radius 3 is 3.00 bits per heavy atom. The van der Waals surface area contributed by atoms with Gasteiger partial charge in [-0.25, -0.2) is 0 Å². The van der Waals surface area contributed by atoms with E-state index >= 15 is 0 Å². The summed E-state index contributed by atoms with van der Waals surface area (Å²) in [5.74, 6) is -0.288. The lowest BCUT2D eigenvalue weighted by atomic mass is 10.5. The molecule has 0 amide bonds. The first-order valence-electron chi connectivity index (χ1n) is 4.06. The molecule has 0 fully saturated rings. The minimum absolute atomic E-state index is 0.279. The number of aromatic nitrogens is 3. The van der Waals surface area contributed by atoms with Crippen molar-refractivity contribution in [2.75, 3.05) is 12.0 Å². The Morgan fingerprint density at radius 2 is 2.40 bits per heavy atom. The quantitative estimate of drug-likeness (QED) is 0.572. The molecule has 1 rings (SSSR count). The van der Waals surface area contributed by atoms with Crippen LogP contribution < -0.4 is 4.18 Å². The third kappa shape index (κ3) is 4.49. The van der Waals surface area contributed by atoms with Crippen molar-refractivity contribution in [1.29, 1.82) is 0 Å². The molecule has 0 unspecified atom stereocenters. The molecule has 15 heavy (non-hydrogen) atoms. The SMILES string of the molecule is CSOc1nncn1CCCS(=O)(=O)O. The molecule has 0 spiro atoms. The minimum atomic E-state index is -3.90. The summed E-state index contributed by atoms with van der Waals surface area (Å²) < 4.78 is 36.0. The van der Waals surface area contributed by atoms with Crippen molar-refractivity contribution in [3.63, 3.8) is 0 Å². The molecule has 0 saturated heterocycles. The van der Waals surface area contributed by atoms with Gasteiger partial charge in [-0.15, -0.1) is 5.10 Å². The largest absolute Gasteiger partial charge is 0.390 e. The second kappa shape index (κ2) is 5.33. The molecule has 0 aliphatic rings. The number of hydrogen-bond acceptors (Lipinski definition) is 6. The van der Waals surface area contributed by atoms with Crippen LogP contribution in [0.4, 0.5) is 0 Å². The molecule has 7 nitrogen and oxygen atoms in total. The van der Waals surface area contributed by atoms with Gasteiger partial charge in [0.25, 0.3) is 10.1 Å². The molecule has 0 aliphatic carbocycles. The monoisotopic (exact) mass is 253 g/mol. The molecule has 9 heteroatoms. The van der Waals surface area contributed by atoms with Gasteiger partial charge in [-0.3, -0.25) is 9.12 Å². The van der Waals surface area contributed by atoms with Crippen molar-refractivity contribution >= 4 is 22.2 Å². The van der Waals surface area contributed by atoms with E-state index in [1.54, 1.807) is 10.8 Å². The molecule has 86 valence electrons. The highest BCUT2D eigenvalue weighted by atomic mass is 32.2. The summed E-state index contributed by atoms with van der Waals surface area (Å²) >= 11 is 1.12. The Bertz CT molecular complexity index is 402. The van der Waals surface area contributed by atoms with Gasteiger partial charge in [0.2, 0.25) is 0 Å². The van der Waals surface area contributed by atoms with Crippen LogP contribution >= 0.6 is 12.0 Å². The number of rotatable bonds is 6. The fraction of sp³-hybridized carbons (Fsp3) is 0.667. The van der Waals surface area contributed by atoms with Crippen LogP contribution in [0, 0.1) is 0 Å². The minimum Gasteiger partial charge on any atom is -0.390 e. The standard InChI is InChI=1S/C6H11N3O4S2/c1-14-13-6-8-7-5-9(6)3-2-4-15(10,11)12/h5H,2-4H2,1H3,(H,10,11,12). The van der Waals surface area contributed by atoms with Crippen molar-refractivity contribution in [2.45, 2.75) is 13.0 Å². The maximum absolute atomic E-state index is 10.5. The Hall–Kier alpha value is -0.800. The molecule has 1 heterocycles. The topological polar surface area (TPSA) is 94.3 Å². The van der Waals surface area contributed by atoms with E-state index in [-0.39, 0.29) is 12.2 Å². The summed E-state index contributed by atoms with van der Waals surface area (Å²) in [6.07, 6.45) is 3.45. The normalized spacial score (nSPS) is 11.6. The van der Waals surface area contributed by atoms with Gasteiger partial charge in [0, 0.05) is 12.8 Å². The maximum Gasteiger partial charge on any atom is 0.329 e. The van der Waals surface area contributed by atoms with Gasteiger partial charge in [-0.05, 0) is 6.42 Å². The highest BCUT2D eigenvalue weighted by Gasteiger charge is 2.08. The van der Waals surface area contributed by atoms with Gasteiger partial charge >= 0.3 is 6.01 Å². The van der Waals surface area contributed by atoms with E-state index in [1.807, 2.05) is 0 Å². The predicted octanol–water partition coefficient (Wildman–Crippen LogP) is 0.213. The van der Waals surface area contributed by atoms with Crippen molar-refractivity contribution in [3.05, 3.63) is 6.33 Å². The maximum atomic E-state index is 10.5. The lowest BCUT2D eigenvalue weighted by Crippen LogP contribution is -2.08. The predicted molar refractivity (Wildman–Crippen MR) is 55.2 cm³/mol. The highest BCUT2D eigenvalue weighted by Crippen LogP contribution is 2.11. The summed E-state index contributed by atoms with van der Waals surface area (Å²) in [6, 6.07) is 0.317. The van der Waals surface area contributed by atoms with Gasteiger partial charge in [-0.1, -0.05) is 5.10 Å². The van der Waals surface area contributed by atoms with Crippen molar-refractivity contribution in [2.24, 2.45) is 0 Å². The summed E-state index contributed by atoms with van der Waals surface area (Å²) in [7, 11) is -3.90. The van der Waals surface area contributed by atoms with E-state index in [2.05, 4.69) is 10.2 Å². The van der Waals surface area contributed by atoms with Crippen LogP contribution in [0.5, 0.6) is 6.01 Å². The van der Waals surface area contributed by atoms with Crippen LogP contribution in [0.25, 0.3) is 0 Å². The molecule has 0 radical (unpaired) electrons. The van der Waals surface area contributed by atoms with Crippen LogP contribution in [0.15, 0.2) is 6.33 Å². The summed E-state index contributed by atoms with van der Waals surface area (Å²) in [6.45, 7) is 0.378. The molecular weight excluding hydrogens is 242 g/mol. The Balaban J connectivity index is 2.47. The Labute approximate surface area is 91.8 Å². The van der Waals surface area contributed by atoms with Gasteiger partial charge in [0.15, 0.2) is 0 Å². The second-order valence-electron chi connectivity index (χ2n) is 2.70. The number of nitrogens with zero attached hydrogens (tertiary/aromatic N) is 3. The van der Waals surface area contributed by atoms with E-state index in [0.717, 1.165) is 12.0 Å². The zero-order chi connectivity index (χ0) is 11.3. The van der Waals surface area contributed by atoms with Gasteiger partial charge in [0.1, 0.15) is 6.33 Å². The first kappa shape index (κ1) is 12.3. The van der Waals surface area contributed by atoms with Crippen LogP contribution in [0.3, 0.4) is 0 Å². The van der Waals surface area contributed by atoms with Gasteiger partial charge in [-0.2, -0.15) is 8.42 Å². The molecule has 0 saturated carbocycles. The first-order chi connectivity index (χ1) is 7.03. The highest BCUT2D eigenvalue weighted by molar-refractivity contribution is 7.94. The molecule has 1 N–H and O–H groups in total. The van der Waals surface area contributed by atoms with E-state index in [4.69, 9.17) is 8.74 Å². The third-order valence-electron chi connectivity index (χ3n) is 1.54. The third-order valence-corrected chi connectivity index (χ3v) is 2.66. The zero-order valence-electron chi connectivity index (χ0n) is 8.03. The molecule has 0 atom stereocenters. The van der Waals surface area contributed by atoms with Crippen molar-refractivity contribution < 1.29 is 17.2 Å². The summed E-state index contributed by atoms with van der Waals surface area (Å²) in [5, 5.41) is 7.30. The average molecular weight is 253 g/mol. The fourth-order valence-electron chi connectivity index (χ4n) is 0.954. The Kier molecular flexibility index (Phi) is 4.36. The van der Waals surface area contributed by atoms with Crippen LogP contribution in [-0.4, -0.2) is 39.7 Å². The number of aryl methyl sites for hydroxylation is 1. The van der Waals surface area contributed by atoms with Crippen LogP contribution in [0.2, 0.25) is 0 Å². The lowest BCUT2D eigenvalue weighted by Gasteiger charge is -2.03. The first-order valence-corrected chi connectivity index (χ1v) is 6.82. The number of hydrogen-bond donors (Lipinski definition) is 1. The van der Waals surface area contributed by atoms with E-state index < -0.39 is 10.1 Å². The molecular formula is C6H11N3O4S2. The van der Waals surface area contributed by atoms with E-state index in [1.165, 1.54) is 6.33 Å². The second-order valence-corrected chi connectivity index (χ2v) is 4.77. The smallest absolute Gasteiger partial charge is 0.329 e. The Morgan fingerprint density at radius 1 is 1.67 bits per heavy atom. The molecule has 0 aromatic carbocycles. The average Bonchev–Trinajstić information content (AvgIpc) is 2.51.